The molecule has 0 aliphatic carbocycles. The summed E-state index contributed by atoms with van der Waals surface area (Å²) in [6, 6.07) is 12.3. The fourth-order valence-electron chi connectivity index (χ4n) is 2.70. The number of pyridine rings is 1. The van der Waals surface area contributed by atoms with Gasteiger partial charge in [0.25, 0.3) is 0 Å². The third-order valence-electron chi connectivity index (χ3n) is 4.22. The van der Waals surface area contributed by atoms with Crippen LogP contribution in [-0.4, -0.2) is 17.2 Å². The number of methoxy groups -OCH3 is 1. The van der Waals surface area contributed by atoms with Crippen molar-refractivity contribution >= 4 is 23.2 Å². The van der Waals surface area contributed by atoms with Gasteiger partial charge in [-0.1, -0.05) is 41.4 Å². The number of rotatable bonds is 5. The summed E-state index contributed by atoms with van der Waals surface area (Å²) in [6.07, 6.45) is 0.138. The van der Waals surface area contributed by atoms with Gasteiger partial charge in [-0.2, -0.15) is 0 Å². The molecule has 3 rings (SSSR count). The molecule has 2 atom stereocenters. The monoisotopic (exact) mass is 406 g/mol. The maximum Gasteiger partial charge on any atom is 0.148 e. The predicted molar refractivity (Wildman–Crippen MR) is 105 cm³/mol. The van der Waals surface area contributed by atoms with E-state index in [2.05, 4.69) is 4.98 Å². The Morgan fingerprint density at radius 2 is 1.85 bits per heavy atom. The Morgan fingerprint density at radius 3 is 2.52 bits per heavy atom. The van der Waals surface area contributed by atoms with E-state index in [0.717, 1.165) is 5.56 Å². The molecule has 140 valence electrons. The average molecular weight is 407 g/mol. The first kappa shape index (κ1) is 19.6. The molecule has 0 spiro atoms. The number of aromatic nitrogens is 1. The minimum absolute atomic E-state index is 0.139. The summed E-state index contributed by atoms with van der Waals surface area (Å²) in [4.78, 5) is 4.09. The van der Waals surface area contributed by atoms with Crippen LogP contribution in [0.3, 0.4) is 0 Å². The van der Waals surface area contributed by atoms with Crippen molar-refractivity contribution < 1.29 is 14.2 Å². The normalized spacial score (nSPS) is 13.3. The molecule has 2 aromatic carbocycles. The third kappa shape index (κ3) is 4.22. The van der Waals surface area contributed by atoms with Crippen LogP contribution >= 0.6 is 23.2 Å². The quantitative estimate of drug-likeness (QED) is 0.629. The zero-order chi connectivity index (χ0) is 19.6. The van der Waals surface area contributed by atoms with Crippen LogP contribution in [-0.2, 0) is 0 Å². The second-order valence-corrected chi connectivity index (χ2v) is 6.78. The largest absolute Gasteiger partial charge is 0.497 e. The lowest BCUT2D eigenvalue weighted by Crippen LogP contribution is -2.21. The van der Waals surface area contributed by atoms with Gasteiger partial charge in [-0.05, 0) is 41.5 Å². The zero-order valence-electron chi connectivity index (χ0n) is 14.4. The number of nitrogens with zero attached hydrogens (tertiary/aromatic N) is 1. The van der Waals surface area contributed by atoms with Gasteiger partial charge in [0.1, 0.15) is 23.4 Å². The molecule has 27 heavy (non-hydrogen) atoms. The van der Waals surface area contributed by atoms with Gasteiger partial charge in [0, 0.05) is 11.8 Å². The molecule has 0 aliphatic rings. The molecule has 0 saturated carbocycles. The molecule has 0 aliphatic heterocycles. The lowest BCUT2D eigenvalue weighted by Gasteiger charge is -2.20. The van der Waals surface area contributed by atoms with E-state index in [9.17, 15) is 9.50 Å². The Morgan fingerprint density at radius 1 is 1.07 bits per heavy atom. The van der Waals surface area contributed by atoms with Crippen LogP contribution in [0.5, 0.6) is 5.75 Å². The third-order valence-corrected chi connectivity index (χ3v) is 4.96. The second-order valence-electron chi connectivity index (χ2n) is 5.97. The van der Waals surface area contributed by atoms with Crippen LogP contribution in [0, 0.1) is 5.82 Å². The number of hydrogen-bond acceptors (Lipinski definition) is 4. The summed E-state index contributed by atoms with van der Waals surface area (Å²) < 4.78 is 19.8. The average Bonchev–Trinajstić information content (AvgIpc) is 2.69. The van der Waals surface area contributed by atoms with Crippen molar-refractivity contribution in [2.45, 2.75) is 12.1 Å². The lowest BCUT2D eigenvalue weighted by atomic mass is 9.98. The van der Waals surface area contributed by atoms with Crippen molar-refractivity contribution in [2.75, 3.05) is 7.11 Å². The molecule has 3 aromatic rings. The number of nitrogens with two attached hydrogens (primary N) is 1. The number of ether oxygens (including phenoxy) is 1. The second kappa shape index (κ2) is 8.23. The number of halogens is 3. The van der Waals surface area contributed by atoms with Crippen LogP contribution in [0.4, 0.5) is 4.39 Å². The topological polar surface area (TPSA) is 68.4 Å². The molecule has 1 heterocycles. The number of aliphatic hydroxyl groups is 1. The van der Waals surface area contributed by atoms with Crippen LogP contribution in [0.25, 0.3) is 11.1 Å². The highest BCUT2D eigenvalue weighted by molar-refractivity contribution is 6.42. The molecule has 7 heteroatoms. The predicted octanol–water partition coefficient (Wildman–Crippen LogP) is 4.94. The van der Waals surface area contributed by atoms with Gasteiger partial charge >= 0.3 is 0 Å². The zero-order valence-corrected chi connectivity index (χ0v) is 15.9. The van der Waals surface area contributed by atoms with Gasteiger partial charge in [-0.3, -0.25) is 4.98 Å². The van der Waals surface area contributed by atoms with Crippen molar-refractivity contribution in [2.24, 2.45) is 5.73 Å². The first-order chi connectivity index (χ1) is 12.9. The van der Waals surface area contributed by atoms with Crippen LogP contribution in [0.15, 0.2) is 54.7 Å². The first-order valence-electron chi connectivity index (χ1n) is 8.09. The molecular formula is C20H17Cl2FN2O2. The smallest absolute Gasteiger partial charge is 0.148 e. The number of aliphatic hydroxyl groups excluding tert-OH is 1. The Labute approximate surface area is 166 Å². The van der Waals surface area contributed by atoms with E-state index in [-0.39, 0.29) is 5.69 Å². The van der Waals surface area contributed by atoms with E-state index in [1.807, 2.05) is 6.07 Å². The SMILES string of the molecule is COc1cccc(-c2cnc([C@@H](O)[C@H](N)c3ccc(Cl)c(Cl)c3)c(F)c2)c1. The van der Waals surface area contributed by atoms with Crippen molar-refractivity contribution in [1.29, 1.82) is 0 Å². The minimum atomic E-state index is -1.35. The maximum absolute atomic E-state index is 14.6. The summed E-state index contributed by atoms with van der Waals surface area (Å²) in [7, 11) is 1.56. The minimum Gasteiger partial charge on any atom is -0.497 e. The Hall–Kier alpha value is -2.18. The molecule has 0 saturated heterocycles. The molecule has 1 aromatic heterocycles. The van der Waals surface area contributed by atoms with Crippen LogP contribution in [0.2, 0.25) is 10.0 Å². The summed E-state index contributed by atoms with van der Waals surface area (Å²) >= 11 is 11.9. The molecule has 0 bridgehead atoms. The molecule has 0 amide bonds. The fraction of sp³-hybridized carbons (Fsp3) is 0.150. The van der Waals surface area contributed by atoms with Gasteiger partial charge in [0.2, 0.25) is 0 Å². The standard InChI is InChI=1S/C20H17Cl2FN2O2/c1-27-14-4-2-3-11(7-14)13-9-17(23)19(25-10-13)20(26)18(24)12-5-6-15(21)16(22)8-12/h2-10,18,20,26H,24H2,1H3/t18-,20+/m1/s1. The van der Waals surface area contributed by atoms with E-state index < -0.39 is 18.0 Å². The summed E-state index contributed by atoms with van der Waals surface area (Å²) in [5.74, 6) is -0.00279. The highest BCUT2D eigenvalue weighted by Crippen LogP contribution is 2.32. The van der Waals surface area contributed by atoms with Gasteiger partial charge in [0.05, 0.1) is 23.2 Å². The summed E-state index contributed by atoms with van der Waals surface area (Å²) in [6.45, 7) is 0. The Bertz CT molecular complexity index is 968. The maximum atomic E-state index is 14.6. The molecule has 0 unspecified atom stereocenters. The number of benzene rings is 2. The Balaban J connectivity index is 1.89. The molecule has 4 nitrogen and oxygen atoms in total. The van der Waals surface area contributed by atoms with Crippen molar-refractivity contribution in [3.05, 3.63) is 81.8 Å². The van der Waals surface area contributed by atoms with E-state index in [1.54, 1.807) is 43.5 Å². The summed E-state index contributed by atoms with van der Waals surface area (Å²) in [5.41, 5.74) is 7.76. The molecule has 0 fully saturated rings. The lowest BCUT2D eigenvalue weighted by molar-refractivity contribution is 0.137. The van der Waals surface area contributed by atoms with Crippen molar-refractivity contribution in [3.63, 3.8) is 0 Å². The van der Waals surface area contributed by atoms with Gasteiger partial charge in [0.15, 0.2) is 0 Å². The van der Waals surface area contributed by atoms with Crippen LogP contribution < -0.4 is 10.5 Å². The van der Waals surface area contributed by atoms with Gasteiger partial charge in [-0.15, -0.1) is 0 Å². The molecule has 3 N–H and O–H groups in total. The van der Waals surface area contributed by atoms with Gasteiger partial charge in [-0.25, -0.2) is 4.39 Å². The van der Waals surface area contributed by atoms with E-state index in [0.29, 0.717) is 26.9 Å². The van der Waals surface area contributed by atoms with E-state index in [4.69, 9.17) is 33.7 Å². The van der Waals surface area contributed by atoms with Crippen molar-refractivity contribution in [3.8, 4) is 16.9 Å². The van der Waals surface area contributed by atoms with Crippen LogP contribution in [0.1, 0.15) is 23.4 Å². The highest BCUT2D eigenvalue weighted by Gasteiger charge is 2.24. The fourth-order valence-corrected chi connectivity index (χ4v) is 3.01. The number of hydrogen-bond donors (Lipinski definition) is 2. The van der Waals surface area contributed by atoms with Crippen molar-refractivity contribution in [1.82, 2.24) is 4.98 Å². The highest BCUT2D eigenvalue weighted by atomic mass is 35.5. The first-order valence-corrected chi connectivity index (χ1v) is 8.84. The molecule has 0 radical (unpaired) electrons. The molecular weight excluding hydrogens is 390 g/mol. The Kier molecular flexibility index (Phi) is 5.97. The summed E-state index contributed by atoms with van der Waals surface area (Å²) in [5, 5.41) is 11.2. The van der Waals surface area contributed by atoms with Gasteiger partial charge < -0.3 is 15.6 Å². The van der Waals surface area contributed by atoms with E-state index in [1.165, 1.54) is 12.3 Å². The van der Waals surface area contributed by atoms with E-state index >= 15 is 0 Å².